The lowest BCUT2D eigenvalue weighted by molar-refractivity contribution is 0.195. The van der Waals surface area contributed by atoms with Crippen molar-refractivity contribution < 1.29 is 0 Å². The lowest BCUT2D eigenvalue weighted by Gasteiger charge is -2.28. The van der Waals surface area contributed by atoms with Gasteiger partial charge < -0.3 is 4.90 Å². The molecule has 1 saturated carbocycles. The van der Waals surface area contributed by atoms with E-state index in [0.29, 0.717) is 0 Å². The summed E-state index contributed by atoms with van der Waals surface area (Å²) >= 11 is 5.93. The minimum Gasteiger partial charge on any atom is -0.303 e. The van der Waals surface area contributed by atoms with Crippen LogP contribution in [0.25, 0.3) is 0 Å². The van der Waals surface area contributed by atoms with Crippen molar-refractivity contribution in [2.24, 2.45) is 0 Å². The van der Waals surface area contributed by atoms with Crippen LogP contribution < -0.4 is 0 Å². The van der Waals surface area contributed by atoms with Gasteiger partial charge in [0.2, 0.25) is 0 Å². The van der Waals surface area contributed by atoms with Crippen LogP contribution >= 0.6 is 11.6 Å². The average Bonchev–Trinajstić information content (AvgIpc) is 3.01. The summed E-state index contributed by atoms with van der Waals surface area (Å²) in [6.45, 7) is 6.31. The van der Waals surface area contributed by atoms with Gasteiger partial charge in [0.1, 0.15) is 0 Å². The van der Waals surface area contributed by atoms with E-state index in [4.69, 9.17) is 11.6 Å². The SMILES string of the molecule is ClCCN(CCCN1CCCC1)C1CCCC1. The molecule has 3 heteroatoms. The highest BCUT2D eigenvalue weighted by Gasteiger charge is 2.22. The van der Waals surface area contributed by atoms with Crippen molar-refractivity contribution in [1.29, 1.82) is 0 Å². The minimum atomic E-state index is 0.792. The first-order valence-electron chi connectivity index (χ1n) is 7.42. The van der Waals surface area contributed by atoms with Crippen LogP contribution in [-0.4, -0.2) is 54.4 Å². The number of nitrogens with zero attached hydrogens (tertiary/aromatic N) is 2. The van der Waals surface area contributed by atoms with Gasteiger partial charge in [0.25, 0.3) is 0 Å². The summed E-state index contributed by atoms with van der Waals surface area (Å²) in [5.74, 6) is 0.792. The highest BCUT2D eigenvalue weighted by atomic mass is 35.5. The second kappa shape index (κ2) is 7.60. The van der Waals surface area contributed by atoms with Crippen LogP contribution in [0.1, 0.15) is 44.9 Å². The predicted molar refractivity (Wildman–Crippen MR) is 74.8 cm³/mol. The average molecular weight is 259 g/mol. The maximum Gasteiger partial charge on any atom is 0.0351 e. The van der Waals surface area contributed by atoms with Crippen molar-refractivity contribution in [3.05, 3.63) is 0 Å². The molecule has 0 atom stereocenters. The molecular formula is C14H27ClN2. The van der Waals surface area contributed by atoms with E-state index in [9.17, 15) is 0 Å². The summed E-state index contributed by atoms with van der Waals surface area (Å²) in [4.78, 5) is 5.27. The Morgan fingerprint density at radius 2 is 1.71 bits per heavy atom. The highest BCUT2D eigenvalue weighted by molar-refractivity contribution is 6.18. The summed E-state index contributed by atoms with van der Waals surface area (Å²) in [7, 11) is 0. The van der Waals surface area contributed by atoms with Crippen molar-refractivity contribution in [2.45, 2.75) is 51.0 Å². The van der Waals surface area contributed by atoms with Gasteiger partial charge in [-0.05, 0) is 58.3 Å². The summed E-state index contributed by atoms with van der Waals surface area (Å²) in [5, 5.41) is 0. The second-order valence-electron chi connectivity index (χ2n) is 5.57. The maximum atomic E-state index is 5.93. The number of halogens is 1. The monoisotopic (exact) mass is 258 g/mol. The molecule has 2 nitrogen and oxygen atoms in total. The van der Waals surface area contributed by atoms with Gasteiger partial charge in [-0.25, -0.2) is 0 Å². The Hall–Kier alpha value is 0.210. The molecule has 0 bridgehead atoms. The molecule has 0 unspecified atom stereocenters. The van der Waals surface area contributed by atoms with Gasteiger partial charge in [-0.2, -0.15) is 0 Å². The molecule has 0 radical (unpaired) electrons. The van der Waals surface area contributed by atoms with Crippen molar-refractivity contribution in [3.8, 4) is 0 Å². The second-order valence-corrected chi connectivity index (χ2v) is 5.94. The van der Waals surface area contributed by atoms with E-state index in [-0.39, 0.29) is 0 Å². The van der Waals surface area contributed by atoms with Crippen LogP contribution in [0.15, 0.2) is 0 Å². The largest absolute Gasteiger partial charge is 0.303 e. The summed E-state index contributed by atoms with van der Waals surface area (Å²) < 4.78 is 0. The Morgan fingerprint density at radius 1 is 1.00 bits per heavy atom. The van der Waals surface area contributed by atoms with Crippen LogP contribution in [0.4, 0.5) is 0 Å². The molecule has 0 amide bonds. The zero-order chi connectivity index (χ0) is 11.9. The normalized spacial score (nSPS) is 22.9. The zero-order valence-corrected chi connectivity index (χ0v) is 11.8. The lowest BCUT2D eigenvalue weighted by atomic mass is 10.2. The minimum absolute atomic E-state index is 0.792. The fourth-order valence-electron chi connectivity index (χ4n) is 3.36. The third-order valence-corrected chi connectivity index (χ3v) is 4.50. The topological polar surface area (TPSA) is 6.48 Å². The molecule has 0 aromatic carbocycles. The van der Waals surface area contributed by atoms with E-state index in [1.54, 1.807) is 0 Å². The number of rotatable bonds is 7. The quantitative estimate of drug-likeness (QED) is 0.648. The van der Waals surface area contributed by atoms with Crippen LogP contribution in [0.5, 0.6) is 0 Å². The molecule has 2 fully saturated rings. The molecule has 1 aliphatic carbocycles. The molecule has 1 heterocycles. The molecule has 1 aliphatic heterocycles. The molecule has 2 aliphatic rings. The van der Waals surface area contributed by atoms with Crippen LogP contribution in [0, 0.1) is 0 Å². The summed E-state index contributed by atoms with van der Waals surface area (Å²) in [6.07, 6.45) is 9.81. The van der Waals surface area contributed by atoms with E-state index >= 15 is 0 Å². The Bertz CT molecular complexity index is 198. The van der Waals surface area contributed by atoms with Gasteiger partial charge in [-0.15, -0.1) is 11.6 Å². The van der Waals surface area contributed by atoms with E-state index in [1.165, 1.54) is 71.1 Å². The molecule has 2 rings (SSSR count). The predicted octanol–water partition coefficient (Wildman–Crippen LogP) is 2.96. The summed E-state index contributed by atoms with van der Waals surface area (Å²) in [6, 6.07) is 0.840. The van der Waals surface area contributed by atoms with E-state index in [0.717, 1.165) is 18.5 Å². The lowest BCUT2D eigenvalue weighted by Crippen LogP contribution is -2.37. The van der Waals surface area contributed by atoms with Crippen molar-refractivity contribution in [3.63, 3.8) is 0 Å². The van der Waals surface area contributed by atoms with Crippen LogP contribution in [0.3, 0.4) is 0 Å². The van der Waals surface area contributed by atoms with Crippen molar-refractivity contribution in [2.75, 3.05) is 38.6 Å². The van der Waals surface area contributed by atoms with E-state index in [1.807, 2.05) is 0 Å². The molecule has 0 spiro atoms. The zero-order valence-electron chi connectivity index (χ0n) is 11.0. The van der Waals surface area contributed by atoms with Crippen molar-refractivity contribution >= 4 is 11.6 Å². The summed E-state index contributed by atoms with van der Waals surface area (Å²) in [5.41, 5.74) is 0. The molecule has 17 heavy (non-hydrogen) atoms. The first kappa shape index (κ1) is 13.6. The highest BCUT2D eigenvalue weighted by Crippen LogP contribution is 2.23. The number of hydrogen-bond donors (Lipinski definition) is 0. The third kappa shape index (κ3) is 4.42. The molecule has 1 saturated heterocycles. The van der Waals surface area contributed by atoms with Gasteiger partial charge in [0, 0.05) is 18.5 Å². The van der Waals surface area contributed by atoms with Gasteiger partial charge in [0.15, 0.2) is 0 Å². The number of alkyl halides is 1. The molecule has 0 aromatic heterocycles. The van der Waals surface area contributed by atoms with Crippen LogP contribution in [-0.2, 0) is 0 Å². The molecule has 0 aromatic rings. The fourth-order valence-corrected chi connectivity index (χ4v) is 3.58. The van der Waals surface area contributed by atoms with Gasteiger partial charge in [0.05, 0.1) is 0 Å². The van der Waals surface area contributed by atoms with E-state index in [2.05, 4.69) is 9.80 Å². The van der Waals surface area contributed by atoms with Crippen LogP contribution in [0.2, 0.25) is 0 Å². The van der Waals surface area contributed by atoms with E-state index < -0.39 is 0 Å². The maximum absolute atomic E-state index is 5.93. The number of likely N-dealkylation sites (tertiary alicyclic amines) is 1. The standard InChI is InChI=1S/C14H27ClN2/c15-8-13-17(14-6-1-2-7-14)12-5-11-16-9-3-4-10-16/h14H,1-13H2. The molecular weight excluding hydrogens is 232 g/mol. The Balaban J connectivity index is 1.65. The van der Waals surface area contributed by atoms with Crippen molar-refractivity contribution in [1.82, 2.24) is 9.80 Å². The van der Waals surface area contributed by atoms with Gasteiger partial charge in [-0.1, -0.05) is 12.8 Å². The molecule has 100 valence electrons. The first-order valence-corrected chi connectivity index (χ1v) is 7.96. The van der Waals surface area contributed by atoms with Gasteiger partial charge >= 0.3 is 0 Å². The first-order chi connectivity index (χ1) is 8.40. The Morgan fingerprint density at radius 3 is 2.35 bits per heavy atom. The third-order valence-electron chi connectivity index (χ3n) is 4.33. The van der Waals surface area contributed by atoms with Gasteiger partial charge in [-0.3, -0.25) is 4.90 Å². The number of hydrogen-bond acceptors (Lipinski definition) is 2. The Kier molecular flexibility index (Phi) is 6.10. The smallest absolute Gasteiger partial charge is 0.0351 e. The fraction of sp³-hybridized carbons (Fsp3) is 1.00. The molecule has 0 N–H and O–H groups in total. The Labute approximate surface area is 111 Å².